The SMILES string of the molecule is CCCCCC1CC1c1ccc2c(c1)CCN2S(=O)(=O)c1ccccc1. The molecule has 4 rings (SSSR count). The number of rotatable bonds is 7. The third-order valence-electron chi connectivity index (χ3n) is 5.82. The Morgan fingerprint density at radius 3 is 2.65 bits per heavy atom. The summed E-state index contributed by atoms with van der Waals surface area (Å²) in [6.45, 7) is 2.79. The number of fused-ring (bicyclic) bond motifs is 1. The van der Waals surface area contributed by atoms with Crippen LogP contribution in [0.25, 0.3) is 0 Å². The molecule has 1 heterocycles. The minimum Gasteiger partial charge on any atom is -0.266 e. The van der Waals surface area contributed by atoms with E-state index >= 15 is 0 Å². The molecule has 0 bridgehead atoms. The van der Waals surface area contributed by atoms with Gasteiger partial charge in [-0.25, -0.2) is 8.42 Å². The first-order chi connectivity index (χ1) is 12.6. The van der Waals surface area contributed by atoms with Crippen molar-refractivity contribution in [3.63, 3.8) is 0 Å². The first-order valence-corrected chi connectivity index (χ1v) is 11.3. The van der Waals surface area contributed by atoms with Gasteiger partial charge in [-0.05, 0) is 60.4 Å². The van der Waals surface area contributed by atoms with Crippen LogP contribution in [0.2, 0.25) is 0 Å². The van der Waals surface area contributed by atoms with Gasteiger partial charge in [0, 0.05) is 6.54 Å². The van der Waals surface area contributed by atoms with Gasteiger partial charge in [-0.3, -0.25) is 4.31 Å². The van der Waals surface area contributed by atoms with Gasteiger partial charge in [0.25, 0.3) is 10.0 Å². The van der Waals surface area contributed by atoms with Crippen LogP contribution in [-0.2, 0) is 16.4 Å². The maximum atomic E-state index is 13.0. The van der Waals surface area contributed by atoms with Gasteiger partial charge in [0.2, 0.25) is 0 Å². The molecular weight excluding hydrogens is 342 g/mol. The van der Waals surface area contributed by atoms with Crippen molar-refractivity contribution < 1.29 is 8.42 Å². The average molecular weight is 370 g/mol. The van der Waals surface area contributed by atoms with E-state index in [1.54, 1.807) is 28.6 Å². The standard InChI is InChI=1S/C22H27NO2S/c1-2-3-5-8-17-16-21(17)18-11-12-22-19(15-18)13-14-23(22)26(24,25)20-9-6-4-7-10-20/h4,6-7,9-12,15,17,21H,2-3,5,8,13-14,16H2,1H3. The molecule has 0 N–H and O–H groups in total. The molecule has 2 aromatic rings. The van der Waals surface area contributed by atoms with Crippen LogP contribution in [-0.4, -0.2) is 15.0 Å². The predicted octanol–water partition coefficient (Wildman–Crippen LogP) is 5.12. The van der Waals surface area contributed by atoms with Gasteiger partial charge >= 0.3 is 0 Å². The largest absolute Gasteiger partial charge is 0.266 e. The topological polar surface area (TPSA) is 37.4 Å². The lowest BCUT2D eigenvalue weighted by molar-refractivity contribution is 0.592. The van der Waals surface area contributed by atoms with E-state index in [-0.39, 0.29) is 0 Å². The molecule has 1 saturated carbocycles. The monoisotopic (exact) mass is 369 g/mol. The first-order valence-electron chi connectivity index (χ1n) is 9.82. The molecule has 1 aliphatic heterocycles. The van der Waals surface area contributed by atoms with Crippen molar-refractivity contribution in [2.75, 3.05) is 10.8 Å². The number of nitrogens with zero attached hydrogens (tertiary/aromatic N) is 1. The molecule has 0 radical (unpaired) electrons. The van der Waals surface area contributed by atoms with Crippen LogP contribution in [0.1, 0.15) is 56.1 Å². The van der Waals surface area contributed by atoms with Crippen LogP contribution in [0.4, 0.5) is 5.69 Å². The predicted molar refractivity (Wildman–Crippen MR) is 106 cm³/mol. The highest BCUT2D eigenvalue weighted by molar-refractivity contribution is 7.92. The van der Waals surface area contributed by atoms with E-state index in [0.29, 0.717) is 17.4 Å². The van der Waals surface area contributed by atoms with Gasteiger partial charge in [0.1, 0.15) is 0 Å². The normalized spacial score (nSPS) is 21.7. The Balaban J connectivity index is 1.51. The van der Waals surface area contributed by atoms with Crippen molar-refractivity contribution in [3.8, 4) is 0 Å². The van der Waals surface area contributed by atoms with Crippen molar-refractivity contribution >= 4 is 15.7 Å². The highest BCUT2D eigenvalue weighted by Crippen LogP contribution is 2.51. The van der Waals surface area contributed by atoms with E-state index in [2.05, 4.69) is 19.1 Å². The second kappa shape index (κ2) is 7.07. The van der Waals surface area contributed by atoms with Gasteiger partial charge in [-0.2, -0.15) is 0 Å². The maximum Gasteiger partial charge on any atom is 0.264 e. The fourth-order valence-electron chi connectivity index (χ4n) is 4.22. The van der Waals surface area contributed by atoms with E-state index in [0.717, 1.165) is 18.0 Å². The number of sulfonamides is 1. The van der Waals surface area contributed by atoms with Gasteiger partial charge in [0.15, 0.2) is 0 Å². The Labute approximate surface area is 157 Å². The van der Waals surface area contributed by atoms with E-state index < -0.39 is 10.0 Å². The molecule has 0 amide bonds. The van der Waals surface area contributed by atoms with Crippen LogP contribution in [0.3, 0.4) is 0 Å². The summed E-state index contributed by atoms with van der Waals surface area (Å²) in [4.78, 5) is 0.370. The zero-order chi connectivity index (χ0) is 18.1. The van der Waals surface area contributed by atoms with Crippen molar-refractivity contribution in [1.29, 1.82) is 0 Å². The Morgan fingerprint density at radius 1 is 1.08 bits per heavy atom. The first kappa shape index (κ1) is 17.6. The number of unbranched alkanes of at least 4 members (excludes halogenated alkanes) is 2. The van der Waals surface area contributed by atoms with E-state index in [1.165, 1.54) is 43.2 Å². The van der Waals surface area contributed by atoms with Gasteiger partial charge < -0.3 is 0 Å². The Morgan fingerprint density at radius 2 is 1.88 bits per heavy atom. The molecule has 2 aromatic carbocycles. The highest BCUT2D eigenvalue weighted by atomic mass is 32.2. The van der Waals surface area contributed by atoms with Crippen molar-refractivity contribution in [1.82, 2.24) is 0 Å². The summed E-state index contributed by atoms with van der Waals surface area (Å²) in [5.41, 5.74) is 3.45. The Kier molecular flexibility index (Phi) is 4.78. The van der Waals surface area contributed by atoms with E-state index in [1.807, 2.05) is 12.1 Å². The molecule has 26 heavy (non-hydrogen) atoms. The molecular formula is C22H27NO2S. The Bertz CT molecular complexity index is 876. The third kappa shape index (κ3) is 3.27. The van der Waals surface area contributed by atoms with E-state index in [4.69, 9.17) is 0 Å². The fraction of sp³-hybridized carbons (Fsp3) is 0.455. The smallest absolute Gasteiger partial charge is 0.264 e. The molecule has 3 nitrogen and oxygen atoms in total. The average Bonchev–Trinajstić information content (AvgIpc) is 3.30. The molecule has 1 aliphatic carbocycles. The van der Waals surface area contributed by atoms with Crippen molar-refractivity contribution in [2.45, 2.75) is 56.3 Å². The lowest BCUT2D eigenvalue weighted by Gasteiger charge is -2.19. The molecule has 2 aliphatic rings. The lowest BCUT2D eigenvalue weighted by atomic mass is 10.0. The summed E-state index contributed by atoms with van der Waals surface area (Å²) in [5.74, 6) is 1.53. The van der Waals surface area contributed by atoms with Crippen molar-refractivity contribution in [2.24, 2.45) is 5.92 Å². The summed E-state index contributed by atoms with van der Waals surface area (Å²) >= 11 is 0. The number of anilines is 1. The lowest BCUT2D eigenvalue weighted by Crippen LogP contribution is -2.29. The Hall–Kier alpha value is -1.81. The minimum atomic E-state index is -3.46. The summed E-state index contributed by atoms with van der Waals surface area (Å²) in [5, 5.41) is 0. The maximum absolute atomic E-state index is 13.0. The second-order valence-corrected chi connectivity index (χ2v) is 9.49. The highest BCUT2D eigenvalue weighted by Gasteiger charge is 2.38. The van der Waals surface area contributed by atoms with E-state index in [9.17, 15) is 8.42 Å². The molecule has 2 atom stereocenters. The molecule has 0 spiro atoms. The summed E-state index contributed by atoms with van der Waals surface area (Å²) in [6, 6.07) is 15.2. The van der Waals surface area contributed by atoms with Crippen LogP contribution in [0, 0.1) is 5.92 Å². The summed E-state index contributed by atoms with van der Waals surface area (Å²) in [6.07, 6.45) is 7.40. The van der Waals surface area contributed by atoms with Crippen LogP contribution < -0.4 is 4.31 Å². The molecule has 1 fully saturated rings. The van der Waals surface area contributed by atoms with Gasteiger partial charge in [-0.1, -0.05) is 56.5 Å². The quantitative estimate of drug-likeness (QED) is 0.635. The minimum absolute atomic E-state index is 0.370. The zero-order valence-electron chi connectivity index (χ0n) is 15.4. The number of hydrogen-bond acceptors (Lipinski definition) is 2. The molecule has 0 aromatic heterocycles. The third-order valence-corrected chi connectivity index (χ3v) is 7.64. The van der Waals surface area contributed by atoms with Gasteiger partial charge in [0.05, 0.1) is 10.6 Å². The molecule has 138 valence electrons. The van der Waals surface area contributed by atoms with Crippen LogP contribution >= 0.6 is 0 Å². The summed E-state index contributed by atoms with van der Waals surface area (Å²) < 4.78 is 27.5. The van der Waals surface area contributed by atoms with Crippen LogP contribution in [0.5, 0.6) is 0 Å². The second-order valence-electron chi connectivity index (χ2n) is 7.63. The number of hydrogen-bond donors (Lipinski definition) is 0. The molecule has 2 unspecified atom stereocenters. The number of benzene rings is 2. The van der Waals surface area contributed by atoms with Crippen molar-refractivity contribution in [3.05, 3.63) is 59.7 Å². The van der Waals surface area contributed by atoms with Crippen LogP contribution in [0.15, 0.2) is 53.4 Å². The zero-order valence-corrected chi connectivity index (χ0v) is 16.2. The summed E-state index contributed by atoms with van der Waals surface area (Å²) in [7, 11) is -3.46. The van der Waals surface area contributed by atoms with Gasteiger partial charge in [-0.15, -0.1) is 0 Å². The fourth-order valence-corrected chi connectivity index (χ4v) is 5.75. The molecule has 4 heteroatoms. The molecule has 0 saturated heterocycles.